The van der Waals surface area contributed by atoms with Gasteiger partial charge in [-0.3, -0.25) is 16.1 Å². The highest BCUT2D eigenvalue weighted by Gasteiger charge is 2.03. The van der Waals surface area contributed by atoms with Gasteiger partial charge in [0.1, 0.15) is 5.84 Å². The largest absolute Gasteiger partial charge is 0.396 e. The van der Waals surface area contributed by atoms with E-state index in [1.54, 1.807) is 17.6 Å². The predicted molar refractivity (Wildman–Crippen MR) is 58.1 cm³/mol. The van der Waals surface area contributed by atoms with E-state index >= 15 is 0 Å². The van der Waals surface area contributed by atoms with Gasteiger partial charge in [0.15, 0.2) is 0 Å². The molecule has 82 valence electrons. The maximum atomic E-state index is 8.90. The number of benzene rings is 1. The fourth-order valence-electron chi connectivity index (χ4n) is 1.34. The zero-order chi connectivity index (χ0) is 11.3. The van der Waals surface area contributed by atoms with Gasteiger partial charge in [0.25, 0.3) is 0 Å². The van der Waals surface area contributed by atoms with Gasteiger partial charge in [-0.1, -0.05) is 31.2 Å². The lowest BCUT2D eigenvalue weighted by molar-refractivity contribution is 0.234. The van der Waals surface area contributed by atoms with Crippen LogP contribution in [-0.4, -0.2) is 22.8 Å². The molecule has 0 aliphatic carbocycles. The molecule has 1 aromatic rings. The van der Waals surface area contributed by atoms with Crippen LogP contribution < -0.4 is 5.48 Å². The lowest BCUT2D eigenvalue weighted by Crippen LogP contribution is -2.18. The summed E-state index contributed by atoms with van der Waals surface area (Å²) in [6.07, 6.45) is 0.816. The van der Waals surface area contributed by atoms with Crippen LogP contribution >= 0.6 is 0 Å². The molecule has 0 spiro atoms. The Kier molecular flexibility index (Phi) is 4.27. The molecule has 0 aliphatic heterocycles. The van der Waals surface area contributed by atoms with Gasteiger partial charge in [-0.25, -0.2) is 0 Å². The monoisotopic (exact) mass is 208 g/mol. The fraction of sp³-hybridized carbons (Fsp3) is 0.364. The third kappa shape index (κ3) is 3.34. The van der Waals surface area contributed by atoms with Crippen molar-refractivity contribution in [1.29, 1.82) is 5.41 Å². The summed E-state index contributed by atoms with van der Waals surface area (Å²) >= 11 is 0. The number of aliphatic hydroxyl groups excluding tert-OH is 1. The Balaban J connectivity index is 2.68. The molecule has 0 fully saturated rings. The van der Waals surface area contributed by atoms with Crippen LogP contribution in [0.1, 0.15) is 18.1 Å². The highest BCUT2D eigenvalue weighted by atomic mass is 16.5. The molecule has 0 aromatic heterocycles. The molecule has 0 saturated heterocycles. The number of aliphatic hydroxyl groups is 1. The summed E-state index contributed by atoms with van der Waals surface area (Å²) < 4.78 is 0. The number of hydroxylamine groups is 1. The van der Waals surface area contributed by atoms with Gasteiger partial charge in [-0.2, -0.15) is 0 Å². The van der Waals surface area contributed by atoms with Crippen LogP contribution in [0.2, 0.25) is 0 Å². The highest BCUT2D eigenvalue weighted by molar-refractivity contribution is 5.95. The van der Waals surface area contributed by atoms with Crippen molar-refractivity contribution in [3.63, 3.8) is 0 Å². The Morgan fingerprint density at radius 3 is 2.47 bits per heavy atom. The van der Waals surface area contributed by atoms with Crippen LogP contribution in [0, 0.1) is 11.3 Å². The number of hydrogen-bond donors (Lipinski definition) is 4. The molecule has 0 amide bonds. The standard InChI is InChI=1S/C11H16N2O2/c1-8(7-14)6-9-2-4-10(5-3-9)11(12)13-15/h2-5,8,14-15H,6-7H2,1H3,(H2,12,13)/t8-/m0/s1. The summed E-state index contributed by atoms with van der Waals surface area (Å²) in [7, 11) is 0. The van der Waals surface area contributed by atoms with Crippen LogP contribution in [0.3, 0.4) is 0 Å². The van der Waals surface area contributed by atoms with Crippen LogP contribution in [0.15, 0.2) is 24.3 Å². The van der Waals surface area contributed by atoms with Crippen molar-refractivity contribution in [3.8, 4) is 0 Å². The lowest BCUT2D eigenvalue weighted by atomic mass is 10.0. The first kappa shape index (κ1) is 11.7. The van der Waals surface area contributed by atoms with Gasteiger partial charge in [0.2, 0.25) is 0 Å². The summed E-state index contributed by atoms with van der Waals surface area (Å²) in [6.45, 7) is 2.15. The topological polar surface area (TPSA) is 76.3 Å². The minimum Gasteiger partial charge on any atom is -0.396 e. The minimum atomic E-state index is -0.0169. The van der Waals surface area contributed by atoms with E-state index in [2.05, 4.69) is 0 Å². The zero-order valence-electron chi connectivity index (χ0n) is 8.70. The summed E-state index contributed by atoms with van der Waals surface area (Å²) in [6, 6.07) is 7.33. The number of amidine groups is 1. The van der Waals surface area contributed by atoms with E-state index in [1.165, 1.54) is 0 Å². The molecule has 0 unspecified atom stereocenters. The summed E-state index contributed by atoms with van der Waals surface area (Å²) in [5, 5.41) is 24.8. The van der Waals surface area contributed by atoms with Gasteiger partial charge >= 0.3 is 0 Å². The van der Waals surface area contributed by atoms with Crippen LogP contribution in [0.5, 0.6) is 0 Å². The van der Waals surface area contributed by atoms with Crippen molar-refractivity contribution < 1.29 is 10.3 Å². The SMILES string of the molecule is C[C@H](CO)Cc1ccc(C(=N)NO)cc1. The number of rotatable bonds is 4. The van der Waals surface area contributed by atoms with E-state index in [4.69, 9.17) is 15.7 Å². The number of hydrogen-bond acceptors (Lipinski definition) is 3. The molecule has 4 nitrogen and oxygen atoms in total. The van der Waals surface area contributed by atoms with Crippen LogP contribution in [0.4, 0.5) is 0 Å². The van der Waals surface area contributed by atoms with E-state index in [9.17, 15) is 0 Å². The van der Waals surface area contributed by atoms with Crippen molar-refractivity contribution in [2.24, 2.45) is 5.92 Å². The van der Waals surface area contributed by atoms with Crippen molar-refractivity contribution in [1.82, 2.24) is 5.48 Å². The molecular formula is C11H16N2O2. The van der Waals surface area contributed by atoms with Crippen LogP contribution in [-0.2, 0) is 6.42 Å². The second-order valence-electron chi connectivity index (χ2n) is 3.68. The van der Waals surface area contributed by atoms with Gasteiger partial charge in [-0.15, -0.1) is 0 Å². The van der Waals surface area contributed by atoms with Gasteiger partial charge < -0.3 is 5.11 Å². The van der Waals surface area contributed by atoms with Crippen molar-refractivity contribution in [3.05, 3.63) is 35.4 Å². The Morgan fingerprint density at radius 1 is 1.40 bits per heavy atom. The second-order valence-corrected chi connectivity index (χ2v) is 3.68. The average molecular weight is 208 g/mol. The zero-order valence-corrected chi connectivity index (χ0v) is 8.70. The maximum absolute atomic E-state index is 8.90. The van der Waals surface area contributed by atoms with Crippen molar-refractivity contribution in [2.75, 3.05) is 6.61 Å². The molecule has 1 rings (SSSR count). The van der Waals surface area contributed by atoms with Gasteiger partial charge in [0, 0.05) is 12.2 Å². The van der Waals surface area contributed by atoms with E-state index < -0.39 is 0 Å². The second kappa shape index (κ2) is 5.48. The van der Waals surface area contributed by atoms with E-state index in [0.29, 0.717) is 5.56 Å². The van der Waals surface area contributed by atoms with E-state index in [0.717, 1.165) is 12.0 Å². The first-order valence-corrected chi connectivity index (χ1v) is 4.86. The summed E-state index contributed by atoms with van der Waals surface area (Å²) in [5.41, 5.74) is 3.55. The molecular weight excluding hydrogens is 192 g/mol. The van der Waals surface area contributed by atoms with Crippen molar-refractivity contribution >= 4 is 5.84 Å². The van der Waals surface area contributed by atoms with Crippen molar-refractivity contribution in [2.45, 2.75) is 13.3 Å². The molecule has 15 heavy (non-hydrogen) atoms. The molecule has 0 bridgehead atoms. The number of nitrogens with one attached hydrogen (secondary N) is 2. The first-order chi connectivity index (χ1) is 7.17. The Hall–Kier alpha value is -1.39. The quantitative estimate of drug-likeness (QED) is 0.341. The molecule has 0 heterocycles. The minimum absolute atomic E-state index is 0.0169. The first-order valence-electron chi connectivity index (χ1n) is 4.86. The Labute approximate surface area is 89.0 Å². The maximum Gasteiger partial charge on any atom is 0.149 e. The van der Waals surface area contributed by atoms with Crippen LogP contribution in [0.25, 0.3) is 0 Å². The average Bonchev–Trinajstić information content (AvgIpc) is 2.29. The smallest absolute Gasteiger partial charge is 0.149 e. The van der Waals surface area contributed by atoms with Gasteiger partial charge in [-0.05, 0) is 17.9 Å². The predicted octanol–water partition coefficient (Wildman–Crippen LogP) is 1.16. The third-order valence-electron chi connectivity index (χ3n) is 2.25. The lowest BCUT2D eigenvalue weighted by Gasteiger charge is -2.08. The molecule has 4 N–H and O–H groups in total. The fourth-order valence-corrected chi connectivity index (χ4v) is 1.34. The molecule has 0 aliphatic rings. The van der Waals surface area contributed by atoms with Gasteiger partial charge in [0.05, 0.1) is 0 Å². The highest BCUT2D eigenvalue weighted by Crippen LogP contribution is 2.09. The molecule has 1 atom stereocenters. The Morgan fingerprint density at radius 2 is 2.00 bits per heavy atom. The molecule has 1 aromatic carbocycles. The normalized spacial score (nSPS) is 12.2. The molecule has 4 heteroatoms. The van der Waals surface area contributed by atoms with E-state index in [-0.39, 0.29) is 18.4 Å². The Bertz CT molecular complexity index is 322. The van der Waals surface area contributed by atoms with E-state index in [1.807, 2.05) is 19.1 Å². The third-order valence-corrected chi connectivity index (χ3v) is 2.25. The molecule has 0 radical (unpaired) electrons. The molecule has 0 saturated carbocycles. The summed E-state index contributed by atoms with van der Waals surface area (Å²) in [5.74, 6) is 0.225. The summed E-state index contributed by atoms with van der Waals surface area (Å²) in [4.78, 5) is 0.